The lowest BCUT2D eigenvalue weighted by Gasteiger charge is -2.31. The predicted octanol–water partition coefficient (Wildman–Crippen LogP) is 7.07. The largest absolute Gasteiger partial charge is 0.370 e. The van der Waals surface area contributed by atoms with Crippen LogP contribution in [0.15, 0.2) is 48.9 Å². The highest BCUT2D eigenvalue weighted by Gasteiger charge is 2.23. The molecule has 9 heteroatoms. The van der Waals surface area contributed by atoms with Gasteiger partial charge in [-0.2, -0.15) is 0 Å². The van der Waals surface area contributed by atoms with Gasteiger partial charge in [0, 0.05) is 48.7 Å². The van der Waals surface area contributed by atoms with Crippen molar-refractivity contribution in [3.63, 3.8) is 0 Å². The number of hydrogen-bond donors (Lipinski definition) is 3. The number of anilines is 3. The van der Waals surface area contributed by atoms with Crippen LogP contribution in [0.3, 0.4) is 0 Å². The Morgan fingerprint density at radius 1 is 1.05 bits per heavy atom. The molecule has 3 aromatic heterocycles. The number of fused-ring (bicyclic) bond motifs is 1. The highest BCUT2D eigenvalue weighted by molar-refractivity contribution is 6.01. The Bertz CT molecular complexity index is 1310. The van der Waals surface area contributed by atoms with Crippen molar-refractivity contribution in [3.05, 3.63) is 60.3 Å². The first-order valence-corrected chi connectivity index (χ1v) is 14.2. The van der Waals surface area contributed by atoms with Gasteiger partial charge in [0.1, 0.15) is 23.6 Å². The molecule has 1 aliphatic rings. The molecule has 8 nitrogen and oxygen atoms in total. The Labute approximate surface area is 237 Å². The van der Waals surface area contributed by atoms with Crippen LogP contribution in [0.25, 0.3) is 22.4 Å². The van der Waals surface area contributed by atoms with Crippen LogP contribution in [0.5, 0.6) is 0 Å². The molecule has 0 radical (unpaired) electrons. The number of nitrogens with one attached hydrogen (secondary N) is 2. The van der Waals surface area contributed by atoms with E-state index in [0.29, 0.717) is 11.6 Å². The molecule has 0 amide bonds. The van der Waals surface area contributed by atoms with Gasteiger partial charge in [-0.15, -0.1) is 0 Å². The Hall–Kier alpha value is -3.85. The summed E-state index contributed by atoms with van der Waals surface area (Å²) >= 11 is 0. The SMILES string of the molecule is CC.CC.CC(C)c1cnc(-c2ccc(F)cc2)nc1Nc1ccnc2[nH]cc(N3CCC(C=O)CC3)c12.CN. The lowest BCUT2D eigenvalue weighted by Crippen LogP contribution is -2.33. The maximum absolute atomic E-state index is 13.4. The van der Waals surface area contributed by atoms with E-state index in [2.05, 4.69) is 44.7 Å². The van der Waals surface area contributed by atoms with Crippen LogP contribution in [0.2, 0.25) is 0 Å². The number of hydrogen-bond acceptors (Lipinski definition) is 7. The third-order valence-electron chi connectivity index (χ3n) is 6.42. The molecule has 1 fully saturated rings. The van der Waals surface area contributed by atoms with Crippen molar-refractivity contribution in [1.29, 1.82) is 0 Å². The molecule has 1 saturated heterocycles. The van der Waals surface area contributed by atoms with E-state index in [1.807, 2.05) is 46.2 Å². The van der Waals surface area contributed by atoms with Crippen LogP contribution in [0.4, 0.5) is 21.6 Å². The summed E-state index contributed by atoms with van der Waals surface area (Å²) in [6, 6.07) is 8.13. The molecule has 4 aromatic rings. The van der Waals surface area contributed by atoms with Gasteiger partial charge in [-0.3, -0.25) is 0 Å². The molecular weight excluding hydrogens is 505 g/mol. The van der Waals surface area contributed by atoms with Crippen LogP contribution in [-0.4, -0.2) is 46.4 Å². The van der Waals surface area contributed by atoms with Crippen molar-refractivity contribution >= 4 is 34.5 Å². The van der Waals surface area contributed by atoms with Crippen molar-refractivity contribution in [2.24, 2.45) is 11.7 Å². The molecule has 1 aromatic carbocycles. The molecule has 0 aliphatic carbocycles. The fourth-order valence-electron chi connectivity index (χ4n) is 4.45. The number of aromatic nitrogens is 4. The summed E-state index contributed by atoms with van der Waals surface area (Å²) in [4.78, 5) is 30.6. The number of carbonyl (C=O) groups excluding carboxylic acids is 1. The molecular formula is C31H44FN7O. The summed E-state index contributed by atoms with van der Waals surface area (Å²) in [5.41, 5.74) is 8.98. The molecule has 1 aliphatic heterocycles. The van der Waals surface area contributed by atoms with Crippen molar-refractivity contribution in [2.45, 2.75) is 60.3 Å². The maximum atomic E-state index is 13.4. The van der Waals surface area contributed by atoms with Gasteiger partial charge in [-0.1, -0.05) is 41.5 Å². The summed E-state index contributed by atoms with van der Waals surface area (Å²) in [5, 5.41) is 4.53. The summed E-state index contributed by atoms with van der Waals surface area (Å²) in [5.74, 6) is 1.29. The zero-order valence-corrected chi connectivity index (χ0v) is 24.8. The summed E-state index contributed by atoms with van der Waals surface area (Å²) < 4.78 is 13.4. The lowest BCUT2D eigenvalue weighted by atomic mass is 9.98. The number of nitrogens with two attached hydrogens (primary N) is 1. The number of piperidine rings is 1. The molecule has 0 unspecified atom stereocenters. The summed E-state index contributed by atoms with van der Waals surface area (Å²) in [6.07, 6.45) is 8.35. The Kier molecular flexibility index (Phi) is 13.2. The van der Waals surface area contributed by atoms with E-state index in [9.17, 15) is 9.18 Å². The monoisotopic (exact) mass is 549 g/mol. The number of carbonyl (C=O) groups is 1. The van der Waals surface area contributed by atoms with Crippen LogP contribution in [0, 0.1) is 11.7 Å². The van der Waals surface area contributed by atoms with Crippen LogP contribution < -0.4 is 16.0 Å². The van der Waals surface area contributed by atoms with Crippen molar-refractivity contribution in [2.75, 3.05) is 30.4 Å². The molecule has 0 spiro atoms. The van der Waals surface area contributed by atoms with E-state index in [-0.39, 0.29) is 17.7 Å². The van der Waals surface area contributed by atoms with Crippen LogP contribution in [-0.2, 0) is 4.79 Å². The smallest absolute Gasteiger partial charge is 0.161 e. The van der Waals surface area contributed by atoms with E-state index in [0.717, 1.165) is 65.8 Å². The fourth-order valence-corrected chi connectivity index (χ4v) is 4.45. The maximum Gasteiger partial charge on any atom is 0.161 e. The lowest BCUT2D eigenvalue weighted by molar-refractivity contribution is -0.111. The number of aromatic amines is 1. The Balaban J connectivity index is 0.000000876. The predicted molar refractivity (Wildman–Crippen MR) is 165 cm³/mol. The van der Waals surface area contributed by atoms with Gasteiger partial charge in [0.25, 0.3) is 0 Å². The molecule has 4 heterocycles. The first-order chi connectivity index (χ1) is 19.5. The molecule has 40 heavy (non-hydrogen) atoms. The third kappa shape index (κ3) is 7.63. The van der Waals surface area contributed by atoms with E-state index >= 15 is 0 Å². The van der Waals surface area contributed by atoms with Crippen molar-refractivity contribution < 1.29 is 9.18 Å². The Morgan fingerprint density at radius 3 is 2.30 bits per heavy atom. The van der Waals surface area contributed by atoms with Crippen molar-refractivity contribution in [1.82, 2.24) is 19.9 Å². The van der Waals surface area contributed by atoms with E-state index in [4.69, 9.17) is 4.98 Å². The first-order valence-electron chi connectivity index (χ1n) is 14.2. The minimum absolute atomic E-state index is 0.136. The molecule has 4 N–H and O–H groups in total. The van der Waals surface area contributed by atoms with Gasteiger partial charge in [-0.25, -0.2) is 19.3 Å². The number of pyridine rings is 1. The van der Waals surface area contributed by atoms with Gasteiger partial charge in [0.05, 0.1) is 16.8 Å². The number of aldehydes is 1. The van der Waals surface area contributed by atoms with Crippen molar-refractivity contribution in [3.8, 4) is 11.4 Å². The second kappa shape index (κ2) is 16.3. The Morgan fingerprint density at radius 2 is 1.70 bits per heavy atom. The van der Waals surface area contributed by atoms with Gasteiger partial charge < -0.3 is 25.7 Å². The summed E-state index contributed by atoms with van der Waals surface area (Å²) in [7, 11) is 1.50. The molecule has 0 bridgehead atoms. The number of rotatable bonds is 6. The zero-order chi connectivity index (χ0) is 29.7. The normalized spacial score (nSPS) is 12.9. The molecule has 0 atom stereocenters. The number of nitrogens with zero attached hydrogens (tertiary/aromatic N) is 4. The number of H-pyrrole nitrogens is 1. The standard InChI is InChI=1S/C26H27FN6O.2C2H6.CH5N/c1-16(2)20-13-29-24(18-3-5-19(27)6-4-18)32-25(20)31-21-7-10-28-26-23(21)22(14-30-26)33-11-8-17(15-34)9-12-33;3*1-2/h3-7,10,13-17H,8-9,11-12H2,1-2H3,(H2,28,29,30,31,32);2*1-2H3;2H2,1H3. The van der Waals surface area contributed by atoms with Gasteiger partial charge >= 0.3 is 0 Å². The number of benzene rings is 1. The quantitative estimate of drug-likeness (QED) is 0.221. The highest BCUT2D eigenvalue weighted by atomic mass is 19.1. The first kappa shape index (κ1) is 32.4. The fraction of sp³-hybridized carbons (Fsp3) is 0.419. The topological polar surface area (TPSA) is 113 Å². The average Bonchev–Trinajstić information content (AvgIpc) is 3.46. The van der Waals surface area contributed by atoms with Crippen LogP contribution in [0.1, 0.15) is 65.9 Å². The van der Waals surface area contributed by atoms with Gasteiger partial charge in [-0.05, 0) is 56.1 Å². The highest BCUT2D eigenvalue weighted by Crippen LogP contribution is 2.36. The second-order valence-corrected chi connectivity index (χ2v) is 9.00. The average molecular weight is 550 g/mol. The zero-order valence-electron chi connectivity index (χ0n) is 24.8. The third-order valence-corrected chi connectivity index (χ3v) is 6.42. The van der Waals surface area contributed by atoms with Crippen LogP contribution >= 0.6 is 0 Å². The molecule has 216 valence electrons. The minimum atomic E-state index is -0.294. The van der Waals surface area contributed by atoms with E-state index in [1.54, 1.807) is 18.3 Å². The minimum Gasteiger partial charge on any atom is -0.370 e. The van der Waals surface area contributed by atoms with Gasteiger partial charge in [0.15, 0.2) is 5.82 Å². The summed E-state index contributed by atoms with van der Waals surface area (Å²) in [6.45, 7) is 13.8. The number of halogens is 1. The van der Waals surface area contributed by atoms with E-state index in [1.165, 1.54) is 19.2 Å². The molecule has 0 saturated carbocycles. The van der Waals surface area contributed by atoms with Gasteiger partial charge in [0.2, 0.25) is 0 Å². The second-order valence-electron chi connectivity index (χ2n) is 9.00. The van der Waals surface area contributed by atoms with E-state index < -0.39 is 0 Å². The molecule has 5 rings (SSSR count).